The fourth-order valence-electron chi connectivity index (χ4n) is 6.19. The van der Waals surface area contributed by atoms with Gasteiger partial charge in [0.25, 0.3) is 0 Å². The van der Waals surface area contributed by atoms with Gasteiger partial charge in [-0.15, -0.1) is 0 Å². The van der Waals surface area contributed by atoms with E-state index in [4.69, 9.17) is 0 Å². The van der Waals surface area contributed by atoms with Crippen molar-refractivity contribution in [3.8, 4) is 0 Å². The SMILES string of the molecule is O=C(Nc1ccncc1NC(=O)C1CC2CCC1C2)C1CC2CCC1C2. The van der Waals surface area contributed by atoms with Crippen molar-refractivity contribution >= 4 is 23.2 Å². The summed E-state index contributed by atoms with van der Waals surface area (Å²) < 4.78 is 0. The van der Waals surface area contributed by atoms with E-state index in [1.165, 1.54) is 38.5 Å². The highest BCUT2D eigenvalue weighted by Gasteiger charge is 2.44. The Morgan fingerprint density at radius 3 is 1.88 bits per heavy atom. The molecule has 5 nitrogen and oxygen atoms in total. The van der Waals surface area contributed by atoms with E-state index in [-0.39, 0.29) is 23.7 Å². The number of nitrogens with zero attached hydrogens (tertiary/aromatic N) is 1. The molecule has 0 spiro atoms. The van der Waals surface area contributed by atoms with Crippen molar-refractivity contribution in [2.45, 2.75) is 51.4 Å². The minimum atomic E-state index is 0.0978. The molecule has 5 rings (SSSR count). The van der Waals surface area contributed by atoms with E-state index >= 15 is 0 Å². The topological polar surface area (TPSA) is 71.1 Å². The highest BCUT2D eigenvalue weighted by atomic mass is 16.2. The van der Waals surface area contributed by atoms with E-state index in [2.05, 4.69) is 15.6 Å². The summed E-state index contributed by atoms with van der Waals surface area (Å²) in [6.45, 7) is 0. The first-order chi connectivity index (χ1) is 12.7. The van der Waals surface area contributed by atoms with Crippen LogP contribution in [0.1, 0.15) is 51.4 Å². The van der Waals surface area contributed by atoms with E-state index in [0.29, 0.717) is 23.2 Å². The van der Waals surface area contributed by atoms with Gasteiger partial charge in [0.15, 0.2) is 0 Å². The number of amides is 2. The normalized spacial score (nSPS) is 37.1. The Morgan fingerprint density at radius 1 is 0.808 bits per heavy atom. The molecule has 4 fully saturated rings. The van der Waals surface area contributed by atoms with Gasteiger partial charge in [0, 0.05) is 18.0 Å². The second-order valence-corrected chi connectivity index (χ2v) is 8.96. The Balaban J connectivity index is 1.27. The first-order valence-corrected chi connectivity index (χ1v) is 10.2. The number of carbonyl (C=O) groups is 2. The average molecular weight is 353 g/mol. The van der Waals surface area contributed by atoms with E-state index in [1.54, 1.807) is 18.5 Å². The first kappa shape index (κ1) is 16.3. The highest BCUT2D eigenvalue weighted by molar-refractivity contribution is 6.01. The molecular formula is C21H27N3O2. The zero-order valence-corrected chi connectivity index (χ0v) is 15.1. The van der Waals surface area contributed by atoms with Crippen LogP contribution in [0.3, 0.4) is 0 Å². The molecule has 1 heterocycles. The number of hydrogen-bond acceptors (Lipinski definition) is 3. The summed E-state index contributed by atoms with van der Waals surface area (Å²) in [5.74, 6) is 3.04. The Kier molecular flexibility index (Phi) is 3.98. The maximum Gasteiger partial charge on any atom is 0.227 e. The number of pyridine rings is 1. The average Bonchev–Trinajstić information content (AvgIpc) is 3.43. The standard InChI is InChI=1S/C21H27N3O2/c25-20(16-9-12-1-3-14(16)7-12)23-18-5-6-22-11-19(18)24-21(26)17-10-13-2-4-15(17)8-13/h5-6,11-17H,1-4,7-10H2,(H,24,26)(H,22,23,25). The fourth-order valence-corrected chi connectivity index (χ4v) is 6.19. The van der Waals surface area contributed by atoms with Crippen molar-refractivity contribution in [3.63, 3.8) is 0 Å². The van der Waals surface area contributed by atoms with Gasteiger partial charge in [-0.3, -0.25) is 14.6 Å². The minimum Gasteiger partial charge on any atom is -0.324 e. The molecule has 0 aromatic carbocycles. The molecule has 1 aromatic heterocycles. The zero-order chi connectivity index (χ0) is 17.7. The smallest absolute Gasteiger partial charge is 0.227 e. The van der Waals surface area contributed by atoms with Crippen LogP contribution in [0.4, 0.5) is 11.4 Å². The van der Waals surface area contributed by atoms with Crippen LogP contribution in [0.2, 0.25) is 0 Å². The predicted molar refractivity (Wildman–Crippen MR) is 99.4 cm³/mol. The number of aromatic nitrogens is 1. The van der Waals surface area contributed by atoms with E-state index in [0.717, 1.165) is 24.7 Å². The van der Waals surface area contributed by atoms with Crippen LogP contribution in [0.25, 0.3) is 0 Å². The summed E-state index contributed by atoms with van der Waals surface area (Å²) >= 11 is 0. The Morgan fingerprint density at radius 2 is 1.38 bits per heavy atom. The molecule has 26 heavy (non-hydrogen) atoms. The van der Waals surface area contributed by atoms with Crippen molar-refractivity contribution in [2.75, 3.05) is 10.6 Å². The molecule has 5 heteroatoms. The summed E-state index contributed by atoms with van der Waals surface area (Å²) in [5, 5.41) is 6.12. The van der Waals surface area contributed by atoms with Gasteiger partial charge in [-0.05, 0) is 68.3 Å². The highest BCUT2D eigenvalue weighted by Crippen LogP contribution is 2.49. The number of hydrogen-bond donors (Lipinski definition) is 2. The van der Waals surface area contributed by atoms with Gasteiger partial charge < -0.3 is 10.6 Å². The van der Waals surface area contributed by atoms with Crippen LogP contribution in [0.15, 0.2) is 18.5 Å². The Bertz CT molecular complexity index is 673. The molecule has 138 valence electrons. The van der Waals surface area contributed by atoms with Gasteiger partial charge in [0.05, 0.1) is 17.6 Å². The Hall–Kier alpha value is -1.91. The predicted octanol–water partition coefficient (Wildman–Crippen LogP) is 3.83. The Labute approximate surface area is 154 Å². The van der Waals surface area contributed by atoms with E-state index < -0.39 is 0 Å². The molecular weight excluding hydrogens is 326 g/mol. The van der Waals surface area contributed by atoms with Gasteiger partial charge >= 0.3 is 0 Å². The third-order valence-electron chi connectivity index (χ3n) is 7.49. The minimum absolute atomic E-state index is 0.0978. The third-order valence-corrected chi connectivity index (χ3v) is 7.49. The van der Waals surface area contributed by atoms with Crippen molar-refractivity contribution in [1.29, 1.82) is 0 Å². The second-order valence-electron chi connectivity index (χ2n) is 8.96. The lowest BCUT2D eigenvalue weighted by Crippen LogP contribution is -2.29. The van der Waals surface area contributed by atoms with Crippen molar-refractivity contribution in [2.24, 2.45) is 35.5 Å². The lowest BCUT2D eigenvalue weighted by atomic mass is 9.88. The molecule has 4 bridgehead atoms. The second kappa shape index (κ2) is 6.36. The number of anilines is 2. The maximum atomic E-state index is 12.8. The summed E-state index contributed by atoms with van der Waals surface area (Å²) in [7, 11) is 0. The molecule has 6 atom stereocenters. The quantitative estimate of drug-likeness (QED) is 0.864. The third kappa shape index (κ3) is 2.81. The van der Waals surface area contributed by atoms with Gasteiger partial charge in [-0.2, -0.15) is 0 Å². The van der Waals surface area contributed by atoms with Gasteiger partial charge in [0.2, 0.25) is 11.8 Å². The molecule has 2 N–H and O–H groups in total. The largest absolute Gasteiger partial charge is 0.324 e. The van der Waals surface area contributed by atoms with Crippen LogP contribution >= 0.6 is 0 Å². The molecule has 4 aliphatic carbocycles. The van der Waals surface area contributed by atoms with Crippen LogP contribution in [0.5, 0.6) is 0 Å². The maximum absolute atomic E-state index is 12.8. The molecule has 0 aliphatic heterocycles. The van der Waals surface area contributed by atoms with Crippen molar-refractivity contribution in [1.82, 2.24) is 4.98 Å². The van der Waals surface area contributed by atoms with Crippen molar-refractivity contribution < 1.29 is 9.59 Å². The summed E-state index contributed by atoms with van der Waals surface area (Å²) in [6, 6.07) is 1.79. The van der Waals surface area contributed by atoms with E-state index in [9.17, 15) is 9.59 Å². The lowest BCUT2D eigenvalue weighted by molar-refractivity contribution is -0.122. The van der Waals surface area contributed by atoms with Crippen LogP contribution in [0, 0.1) is 35.5 Å². The molecule has 4 aliphatic rings. The number of carbonyl (C=O) groups excluding carboxylic acids is 2. The monoisotopic (exact) mass is 353 g/mol. The van der Waals surface area contributed by atoms with Crippen LogP contribution in [-0.2, 0) is 9.59 Å². The molecule has 0 radical (unpaired) electrons. The van der Waals surface area contributed by atoms with Gasteiger partial charge in [-0.1, -0.05) is 12.8 Å². The first-order valence-electron chi connectivity index (χ1n) is 10.2. The zero-order valence-electron chi connectivity index (χ0n) is 15.1. The molecule has 2 amide bonds. The van der Waals surface area contributed by atoms with E-state index in [1.807, 2.05) is 0 Å². The summed E-state index contributed by atoms with van der Waals surface area (Å²) in [4.78, 5) is 29.7. The lowest BCUT2D eigenvalue weighted by Gasteiger charge is -2.23. The number of rotatable bonds is 4. The molecule has 6 unspecified atom stereocenters. The number of fused-ring (bicyclic) bond motifs is 4. The van der Waals surface area contributed by atoms with Gasteiger partial charge in [-0.25, -0.2) is 0 Å². The van der Waals surface area contributed by atoms with Crippen LogP contribution in [-0.4, -0.2) is 16.8 Å². The van der Waals surface area contributed by atoms with Crippen molar-refractivity contribution in [3.05, 3.63) is 18.5 Å². The van der Waals surface area contributed by atoms with Crippen LogP contribution < -0.4 is 10.6 Å². The summed E-state index contributed by atoms with van der Waals surface area (Å²) in [6.07, 6.45) is 12.7. The number of nitrogens with one attached hydrogen (secondary N) is 2. The fraction of sp³-hybridized carbons (Fsp3) is 0.667. The molecule has 0 saturated heterocycles. The van der Waals surface area contributed by atoms with Gasteiger partial charge in [0.1, 0.15) is 0 Å². The molecule has 4 saturated carbocycles. The molecule has 1 aromatic rings. The summed E-state index contributed by atoms with van der Waals surface area (Å²) in [5.41, 5.74) is 1.32.